The lowest BCUT2D eigenvalue weighted by atomic mass is 10.1. The molecule has 28 heavy (non-hydrogen) atoms. The van der Waals surface area contributed by atoms with Gasteiger partial charge in [-0.2, -0.15) is 4.31 Å². The summed E-state index contributed by atoms with van der Waals surface area (Å²) in [7, 11) is -2.27. The third kappa shape index (κ3) is 4.92. The number of likely N-dealkylation sites (N-methyl/N-ethyl adjacent to an activating group) is 1. The largest absolute Gasteiger partial charge is 0.496 e. The van der Waals surface area contributed by atoms with Crippen LogP contribution in [0.4, 0.5) is 5.69 Å². The number of nitrogens with one attached hydrogen (secondary N) is 1. The summed E-state index contributed by atoms with van der Waals surface area (Å²) in [5.41, 5.74) is 3.21. The Labute approximate surface area is 175 Å². The molecule has 0 saturated heterocycles. The Bertz CT molecular complexity index is 967. The van der Waals surface area contributed by atoms with E-state index in [0.29, 0.717) is 17.0 Å². The quantitative estimate of drug-likeness (QED) is 0.665. The molecule has 0 aliphatic rings. The molecule has 2 aromatic carbocycles. The van der Waals surface area contributed by atoms with E-state index in [1.807, 2.05) is 26.0 Å². The number of sulfonamides is 1. The minimum atomic E-state index is -3.80. The van der Waals surface area contributed by atoms with E-state index in [1.165, 1.54) is 13.2 Å². The second-order valence-electron chi connectivity index (χ2n) is 6.53. The molecule has 2 aromatic rings. The van der Waals surface area contributed by atoms with E-state index in [2.05, 4.69) is 21.2 Å². The number of carbonyl (C=O) groups is 1. The summed E-state index contributed by atoms with van der Waals surface area (Å²) in [6, 6.07) is 8.46. The van der Waals surface area contributed by atoms with E-state index in [9.17, 15) is 13.2 Å². The fourth-order valence-electron chi connectivity index (χ4n) is 2.97. The Morgan fingerprint density at radius 3 is 2.21 bits per heavy atom. The van der Waals surface area contributed by atoms with Gasteiger partial charge in [0.2, 0.25) is 15.9 Å². The highest BCUT2D eigenvalue weighted by Crippen LogP contribution is 2.26. The number of ether oxygens (including phenoxy) is 1. The maximum absolute atomic E-state index is 13.0. The van der Waals surface area contributed by atoms with Gasteiger partial charge >= 0.3 is 0 Å². The van der Waals surface area contributed by atoms with Gasteiger partial charge in [0.25, 0.3) is 0 Å². The van der Waals surface area contributed by atoms with Crippen LogP contribution >= 0.6 is 15.9 Å². The summed E-state index contributed by atoms with van der Waals surface area (Å²) in [6.45, 7) is 7.18. The van der Waals surface area contributed by atoms with Gasteiger partial charge in [-0.15, -0.1) is 0 Å². The zero-order chi connectivity index (χ0) is 21.1. The molecule has 0 aromatic heterocycles. The first-order valence-corrected chi connectivity index (χ1v) is 11.0. The van der Waals surface area contributed by atoms with E-state index in [4.69, 9.17) is 4.74 Å². The normalized spacial score (nSPS) is 11.5. The number of halogens is 1. The SMILES string of the molecule is CCN(CC(=O)Nc1c(C)cc(Br)cc1C)S(=O)(=O)c1ccc(OC)c(C)c1. The van der Waals surface area contributed by atoms with Crippen molar-refractivity contribution in [3.05, 3.63) is 51.5 Å². The number of nitrogens with zero attached hydrogens (tertiary/aromatic N) is 1. The van der Waals surface area contributed by atoms with Gasteiger partial charge in [-0.25, -0.2) is 8.42 Å². The van der Waals surface area contributed by atoms with Crippen molar-refractivity contribution in [3.8, 4) is 5.75 Å². The predicted octanol–water partition coefficient (Wildman–Crippen LogP) is 4.03. The number of benzene rings is 2. The topological polar surface area (TPSA) is 75.7 Å². The van der Waals surface area contributed by atoms with E-state index < -0.39 is 10.0 Å². The van der Waals surface area contributed by atoms with Crippen molar-refractivity contribution in [2.24, 2.45) is 0 Å². The summed E-state index contributed by atoms with van der Waals surface area (Å²) >= 11 is 3.42. The summed E-state index contributed by atoms with van der Waals surface area (Å²) in [5.74, 6) is 0.227. The second kappa shape index (κ2) is 9.07. The van der Waals surface area contributed by atoms with Crippen LogP contribution in [0.25, 0.3) is 0 Å². The van der Waals surface area contributed by atoms with Crippen LogP contribution in [-0.4, -0.2) is 38.8 Å². The maximum Gasteiger partial charge on any atom is 0.243 e. The monoisotopic (exact) mass is 468 g/mol. The molecule has 0 unspecified atom stereocenters. The van der Waals surface area contributed by atoms with Gasteiger partial charge in [0.1, 0.15) is 5.75 Å². The lowest BCUT2D eigenvalue weighted by Crippen LogP contribution is -2.38. The van der Waals surface area contributed by atoms with Crippen molar-refractivity contribution in [1.29, 1.82) is 0 Å². The average molecular weight is 469 g/mol. The number of aryl methyl sites for hydroxylation is 3. The van der Waals surface area contributed by atoms with Crippen molar-refractivity contribution in [2.75, 3.05) is 25.5 Å². The van der Waals surface area contributed by atoms with Gasteiger partial charge in [0.15, 0.2) is 0 Å². The molecule has 0 atom stereocenters. The smallest absolute Gasteiger partial charge is 0.243 e. The predicted molar refractivity (Wildman–Crippen MR) is 114 cm³/mol. The highest BCUT2D eigenvalue weighted by molar-refractivity contribution is 9.10. The van der Waals surface area contributed by atoms with Gasteiger partial charge in [0.05, 0.1) is 18.6 Å². The van der Waals surface area contributed by atoms with Crippen LogP contribution in [0, 0.1) is 20.8 Å². The van der Waals surface area contributed by atoms with Crippen LogP contribution in [0.5, 0.6) is 5.75 Å². The first-order chi connectivity index (χ1) is 13.1. The van der Waals surface area contributed by atoms with Gasteiger partial charge in [-0.1, -0.05) is 22.9 Å². The van der Waals surface area contributed by atoms with E-state index in [-0.39, 0.29) is 23.9 Å². The number of amides is 1. The van der Waals surface area contributed by atoms with Crippen molar-refractivity contribution in [2.45, 2.75) is 32.6 Å². The van der Waals surface area contributed by atoms with Crippen LogP contribution in [-0.2, 0) is 14.8 Å². The molecule has 0 spiro atoms. The Kier molecular flexibility index (Phi) is 7.25. The fourth-order valence-corrected chi connectivity index (χ4v) is 5.15. The molecule has 8 heteroatoms. The number of carbonyl (C=O) groups excluding carboxylic acids is 1. The molecular formula is C20H25BrN2O4S. The van der Waals surface area contributed by atoms with Gasteiger partial charge < -0.3 is 10.1 Å². The second-order valence-corrected chi connectivity index (χ2v) is 9.38. The third-order valence-corrected chi connectivity index (χ3v) is 6.81. The molecule has 0 aliphatic heterocycles. The third-order valence-electron chi connectivity index (χ3n) is 4.44. The van der Waals surface area contributed by atoms with Crippen LogP contribution in [0.1, 0.15) is 23.6 Å². The molecule has 0 saturated carbocycles. The van der Waals surface area contributed by atoms with Crippen molar-refractivity contribution >= 4 is 37.5 Å². The van der Waals surface area contributed by atoms with E-state index >= 15 is 0 Å². The summed E-state index contributed by atoms with van der Waals surface area (Å²) in [5, 5.41) is 2.84. The van der Waals surface area contributed by atoms with Gasteiger partial charge in [-0.05, 0) is 67.8 Å². The molecule has 0 aliphatic carbocycles. The first kappa shape index (κ1) is 22.4. The molecule has 6 nitrogen and oxygen atoms in total. The summed E-state index contributed by atoms with van der Waals surface area (Å²) in [4.78, 5) is 12.7. The number of hydrogen-bond acceptors (Lipinski definition) is 4. The van der Waals surface area contributed by atoms with Crippen LogP contribution in [0.15, 0.2) is 39.7 Å². The molecule has 0 radical (unpaired) electrons. The minimum Gasteiger partial charge on any atom is -0.496 e. The molecule has 1 N–H and O–H groups in total. The highest BCUT2D eigenvalue weighted by Gasteiger charge is 2.26. The Balaban J connectivity index is 2.23. The van der Waals surface area contributed by atoms with Crippen LogP contribution in [0.2, 0.25) is 0 Å². The van der Waals surface area contributed by atoms with Crippen molar-refractivity contribution < 1.29 is 17.9 Å². The lowest BCUT2D eigenvalue weighted by molar-refractivity contribution is -0.116. The summed E-state index contributed by atoms with van der Waals surface area (Å²) in [6.07, 6.45) is 0. The number of anilines is 1. The zero-order valence-electron chi connectivity index (χ0n) is 16.7. The van der Waals surface area contributed by atoms with Crippen LogP contribution < -0.4 is 10.1 Å². The minimum absolute atomic E-state index is 0.136. The Morgan fingerprint density at radius 1 is 1.11 bits per heavy atom. The Hall–Kier alpha value is -1.90. The standard InChI is InChI=1S/C20H25BrN2O4S/c1-6-23(28(25,26)17-7-8-18(27-5)13(2)11-17)12-19(24)22-20-14(3)9-16(21)10-15(20)4/h7-11H,6,12H2,1-5H3,(H,22,24). The summed E-state index contributed by atoms with van der Waals surface area (Å²) < 4.78 is 33.2. The first-order valence-electron chi connectivity index (χ1n) is 8.81. The Morgan fingerprint density at radius 2 is 1.71 bits per heavy atom. The average Bonchev–Trinajstić information content (AvgIpc) is 2.62. The van der Waals surface area contributed by atoms with Gasteiger partial charge in [0, 0.05) is 16.7 Å². The fraction of sp³-hybridized carbons (Fsp3) is 0.350. The van der Waals surface area contributed by atoms with E-state index in [1.54, 1.807) is 26.0 Å². The molecule has 152 valence electrons. The zero-order valence-corrected chi connectivity index (χ0v) is 19.1. The molecule has 0 heterocycles. The molecule has 0 bridgehead atoms. The van der Waals surface area contributed by atoms with Crippen LogP contribution in [0.3, 0.4) is 0 Å². The van der Waals surface area contributed by atoms with Gasteiger partial charge in [-0.3, -0.25) is 4.79 Å². The molecule has 1 amide bonds. The van der Waals surface area contributed by atoms with Crippen molar-refractivity contribution in [3.63, 3.8) is 0 Å². The number of hydrogen-bond donors (Lipinski definition) is 1. The highest BCUT2D eigenvalue weighted by atomic mass is 79.9. The number of rotatable bonds is 7. The number of methoxy groups -OCH3 is 1. The van der Waals surface area contributed by atoms with Crippen molar-refractivity contribution in [1.82, 2.24) is 4.31 Å². The van der Waals surface area contributed by atoms with E-state index in [0.717, 1.165) is 19.9 Å². The maximum atomic E-state index is 13.0. The lowest BCUT2D eigenvalue weighted by Gasteiger charge is -2.21. The molecular weight excluding hydrogens is 444 g/mol. The molecule has 0 fully saturated rings. The molecule has 2 rings (SSSR count).